The highest BCUT2D eigenvalue weighted by atomic mass is 14.9. The minimum absolute atomic E-state index is 0.654. The number of hydrogen-bond acceptors (Lipinski definition) is 1. The molecular weight excluding hydrogens is 170 g/mol. The van der Waals surface area contributed by atoms with Gasteiger partial charge in [0, 0.05) is 12.6 Å². The van der Waals surface area contributed by atoms with Crippen LogP contribution in [-0.2, 0) is 0 Å². The van der Waals surface area contributed by atoms with Gasteiger partial charge >= 0.3 is 0 Å². The first-order valence-corrected chi connectivity index (χ1v) is 6.47. The van der Waals surface area contributed by atoms with Crippen molar-refractivity contribution < 1.29 is 0 Å². The Morgan fingerprint density at radius 1 is 1.21 bits per heavy atom. The zero-order valence-corrected chi connectivity index (χ0v) is 9.81. The van der Waals surface area contributed by atoms with Crippen LogP contribution >= 0.6 is 0 Å². The number of nitrogens with one attached hydrogen (secondary N) is 1. The van der Waals surface area contributed by atoms with Gasteiger partial charge in [0.1, 0.15) is 0 Å². The fourth-order valence-corrected chi connectivity index (χ4v) is 3.13. The summed E-state index contributed by atoms with van der Waals surface area (Å²) in [6.07, 6.45) is 10.1. The lowest BCUT2D eigenvalue weighted by Gasteiger charge is -2.40. The van der Waals surface area contributed by atoms with Gasteiger partial charge < -0.3 is 5.32 Å². The molecule has 0 saturated heterocycles. The van der Waals surface area contributed by atoms with Crippen LogP contribution in [-0.4, -0.2) is 12.6 Å². The van der Waals surface area contributed by atoms with Crippen LogP contribution in [0, 0.1) is 11.3 Å². The summed E-state index contributed by atoms with van der Waals surface area (Å²) >= 11 is 0. The fraction of sp³-hybridized carbons (Fsp3) is 1.00. The summed E-state index contributed by atoms with van der Waals surface area (Å²) in [5, 5.41) is 3.83. The Balaban J connectivity index is 1.74. The van der Waals surface area contributed by atoms with Gasteiger partial charge in [-0.15, -0.1) is 0 Å². The predicted molar refractivity (Wildman–Crippen MR) is 61.4 cm³/mol. The maximum Gasteiger partial charge on any atom is 0.00954 e. The van der Waals surface area contributed by atoms with E-state index in [-0.39, 0.29) is 0 Å². The molecule has 2 rings (SSSR count). The Kier molecular flexibility index (Phi) is 3.16. The topological polar surface area (TPSA) is 12.0 Å². The van der Waals surface area contributed by atoms with E-state index in [2.05, 4.69) is 19.2 Å². The summed E-state index contributed by atoms with van der Waals surface area (Å²) in [6, 6.07) is 0.845. The first-order chi connectivity index (χ1) is 6.73. The molecule has 0 aromatic heterocycles. The van der Waals surface area contributed by atoms with Gasteiger partial charge in [-0.2, -0.15) is 0 Å². The molecule has 2 aliphatic rings. The van der Waals surface area contributed by atoms with E-state index in [0.717, 1.165) is 12.0 Å². The fourth-order valence-electron chi connectivity index (χ4n) is 3.13. The van der Waals surface area contributed by atoms with Crippen molar-refractivity contribution in [2.45, 2.75) is 64.8 Å². The maximum atomic E-state index is 3.83. The monoisotopic (exact) mass is 195 g/mol. The van der Waals surface area contributed by atoms with Gasteiger partial charge in [-0.25, -0.2) is 0 Å². The molecule has 0 aromatic carbocycles. The highest BCUT2D eigenvalue weighted by molar-refractivity contribution is 4.89. The van der Waals surface area contributed by atoms with E-state index in [0.29, 0.717) is 5.41 Å². The Morgan fingerprint density at radius 3 is 2.57 bits per heavy atom. The smallest absolute Gasteiger partial charge is 0.00954 e. The standard InChI is InChI=1S/C13H25N/c1-3-11-6-4-7-12(11)14-10-13(2)8-5-9-13/h11-12,14H,3-10H2,1-2H3. The molecule has 0 bridgehead atoms. The van der Waals surface area contributed by atoms with Gasteiger partial charge in [0.2, 0.25) is 0 Å². The Hall–Kier alpha value is -0.0400. The molecule has 0 spiro atoms. The summed E-state index contributed by atoms with van der Waals surface area (Å²) in [6.45, 7) is 6.06. The molecule has 2 atom stereocenters. The highest BCUT2D eigenvalue weighted by Crippen LogP contribution is 2.40. The first-order valence-electron chi connectivity index (χ1n) is 6.47. The highest BCUT2D eigenvalue weighted by Gasteiger charge is 2.33. The van der Waals surface area contributed by atoms with Gasteiger partial charge in [-0.1, -0.05) is 33.1 Å². The quantitative estimate of drug-likeness (QED) is 0.725. The molecule has 2 unspecified atom stereocenters. The van der Waals surface area contributed by atoms with Gasteiger partial charge in [0.15, 0.2) is 0 Å². The van der Waals surface area contributed by atoms with Gasteiger partial charge in [0.25, 0.3) is 0 Å². The third-order valence-electron chi connectivity index (χ3n) is 4.54. The summed E-state index contributed by atoms with van der Waals surface area (Å²) < 4.78 is 0. The molecule has 1 N–H and O–H groups in total. The second-order valence-corrected chi connectivity index (χ2v) is 5.75. The molecular formula is C13H25N. The molecule has 2 saturated carbocycles. The summed E-state index contributed by atoms with van der Waals surface area (Å²) in [4.78, 5) is 0. The first kappa shape index (κ1) is 10.5. The molecule has 14 heavy (non-hydrogen) atoms. The van der Waals surface area contributed by atoms with Gasteiger partial charge in [-0.05, 0) is 37.0 Å². The largest absolute Gasteiger partial charge is 0.313 e. The van der Waals surface area contributed by atoms with Crippen LogP contribution in [0.15, 0.2) is 0 Å². The predicted octanol–water partition coefficient (Wildman–Crippen LogP) is 3.34. The molecule has 0 radical (unpaired) electrons. The van der Waals surface area contributed by atoms with Crippen LogP contribution in [0.2, 0.25) is 0 Å². The van der Waals surface area contributed by atoms with E-state index in [1.807, 2.05) is 0 Å². The molecule has 0 heterocycles. The van der Waals surface area contributed by atoms with E-state index in [1.165, 1.54) is 51.5 Å². The van der Waals surface area contributed by atoms with E-state index >= 15 is 0 Å². The molecule has 1 nitrogen and oxygen atoms in total. The third kappa shape index (κ3) is 2.13. The number of hydrogen-bond donors (Lipinski definition) is 1. The lowest BCUT2D eigenvalue weighted by molar-refractivity contribution is 0.146. The van der Waals surface area contributed by atoms with Gasteiger partial charge in [-0.3, -0.25) is 0 Å². The normalized spacial score (nSPS) is 35.6. The summed E-state index contributed by atoms with van der Waals surface area (Å²) in [7, 11) is 0. The zero-order chi connectivity index (χ0) is 10.0. The zero-order valence-electron chi connectivity index (χ0n) is 9.81. The molecule has 0 amide bonds. The third-order valence-corrected chi connectivity index (χ3v) is 4.54. The SMILES string of the molecule is CCC1CCCC1NCC1(C)CCC1. The van der Waals surface area contributed by atoms with Crippen molar-refractivity contribution in [3.63, 3.8) is 0 Å². The molecule has 1 heteroatoms. The van der Waals surface area contributed by atoms with Crippen LogP contribution < -0.4 is 5.32 Å². The minimum atomic E-state index is 0.654. The molecule has 2 fully saturated rings. The molecule has 82 valence electrons. The van der Waals surface area contributed by atoms with Crippen molar-refractivity contribution in [2.24, 2.45) is 11.3 Å². The molecule has 0 aromatic rings. The van der Waals surface area contributed by atoms with Crippen LogP contribution in [0.25, 0.3) is 0 Å². The van der Waals surface area contributed by atoms with Crippen molar-refractivity contribution >= 4 is 0 Å². The van der Waals surface area contributed by atoms with Crippen molar-refractivity contribution in [3.05, 3.63) is 0 Å². The summed E-state index contributed by atoms with van der Waals surface area (Å²) in [5.74, 6) is 0.971. The second kappa shape index (κ2) is 4.22. The van der Waals surface area contributed by atoms with Crippen LogP contribution in [0.4, 0.5) is 0 Å². The average Bonchev–Trinajstić information content (AvgIpc) is 2.58. The van der Waals surface area contributed by atoms with E-state index in [1.54, 1.807) is 0 Å². The summed E-state index contributed by atoms with van der Waals surface area (Å²) in [5.41, 5.74) is 0.654. The van der Waals surface area contributed by atoms with E-state index in [4.69, 9.17) is 0 Å². The van der Waals surface area contributed by atoms with Crippen molar-refractivity contribution in [1.82, 2.24) is 5.32 Å². The Bertz CT molecular complexity index is 184. The molecule has 2 aliphatic carbocycles. The van der Waals surface area contributed by atoms with Crippen molar-refractivity contribution in [3.8, 4) is 0 Å². The van der Waals surface area contributed by atoms with E-state index < -0.39 is 0 Å². The van der Waals surface area contributed by atoms with Crippen LogP contribution in [0.5, 0.6) is 0 Å². The van der Waals surface area contributed by atoms with E-state index in [9.17, 15) is 0 Å². The van der Waals surface area contributed by atoms with Crippen molar-refractivity contribution in [2.75, 3.05) is 6.54 Å². The lowest BCUT2D eigenvalue weighted by atomic mass is 9.70. The van der Waals surface area contributed by atoms with Crippen molar-refractivity contribution in [1.29, 1.82) is 0 Å². The van der Waals surface area contributed by atoms with Crippen LogP contribution in [0.3, 0.4) is 0 Å². The minimum Gasteiger partial charge on any atom is -0.313 e. The maximum absolute atomic E-state index is 3.83. The number of rotatable bonds is 4. The lowest BCUT2D eigenvalue weighted by Crippen LogP contribution is -2.43. The Labute approximate surface area is 88.7 Å². The average molecular weight is 195 g/mol. The Morgan fingerprint density at radius 2 is 2.00 bits per heavy atom. The molecule has 0 aliphatic heterocycles. The second-order valence-electron chi connectivity index (χ2n) is 5.75. The van der Waals surface area contributed by atoms with Crippen LogP contribution in [0.1, 0.15) is 58.8 Å². The van der Waals surface area contributed by atoms with Gasteiger partial charge in [0.05, 0.1) is 0 Å².